The zero-order valence-electron chi connectivity index (χ0n) is 17.2. The van der Waals surface area contributed by atoms with Crippen LogP contribution in [0.25, 0.3) is 11.0 Å². The summed E-state index contributed by atoms with van der Waals surface area (Å²) in [7, 11) is 1.48. The van der Waals surface area contributed by atoms with Crippen molar-refractivity contribution in [3.8, 4) is 5.75 Å². The number of ether oxygens (including phenoxy) is 1. The molecule has 31 heavy (non-hydrogen) atoms. The number of benzene rings is 2. The van der Waals surface area contributed by atoms with Gasteiger partial charge in [0, 0.05) is 23.0 Å². The molecule has 1 aliphatic rings. The van der Waals surface area contributed by atoms with Crippen molar-refractivity contribution in [2.24, 2.45) is 0 Å². The third-order valence-electron chi connectivity index (χ3n) is 5.41. The first-order valence-corrected chi connectivity index (χ1v) is 10.4. The van der Waals surface area contributed by atoms with Gasteiger partial charge in [-0.05, 0) is 24.1 Å². The summed E-state index contributed by atoms with van der Waals surface area (Å²) in [5, 5.41) is 11.7. The van der Waals surface area contributed by atoms with Gasteiger partial charge < -0.3 is 19.2 Å². The summed E-state index contributed by atoms with van der Waals surface area (Å²) in [5.41, 5.74) is 1.13. The maximum Gasteiger partial charge on any atom is 0.290 e. The lowest BCUT2D eigenvalue weighted by molar-refractivity contribution is -0.129. The van der Waals surface area contributed by atoms with Crippen LogP contribution >= 0.6 is 11.6 Å². The van der Waals surface area contributed by atoms with Crippen LogP contribution in [0.3, 0.4) is 0 Å². The lowest BCUT2D eigenvalue weighted by Crippen LogP contribution is -2.32. The Morgan fingerprint density at radius 1 is 1.23 bits per heavy atom. The van der Waals surface area contributed by atoms with Crippen molar-refractivity contribution < 1.29 is 23.8 Å². The Bertz CT molecular complexity index is 1180. The Balaban J connectivity index is 1.81. The molecule has 2 aromatic carbocycles. The fraction of sp³-hybridized carbons (Fsp3) is 0.250. The van der Waals surface area contributed by atoms with Crippen molar-refractivity contribution in [3.63, 3.8) is 0 Å². The molecule has 0 bridgehead atoms. The highest BCUT2D eigenvalue weighted by Gasteiger charge is 2.44. The number of aliphatic hydroxyl groups is 1. The number of nitrogens with zero attached hydrogens (tertiary/aromatic N) is 1. The largest absolute Gasteiger partial charge is 0.503 e. The molecule has 1 amide bonds. The Hall–Kier alpha value is -3.25. The van der Waals surface area contributed by atoms with Crippen molar-refractivity contribution in [2.75, 3.05) is 13.7 Å². The normalized spacial score (nSPS) is 16.4. The first kappa shape index (κ1) is 21.0. The van der Waals surface area contributed by atoms with Gasteiger partial charge in [0.2, 0.25) is 5.78 Å². The van der Waals surface area contributed by atoms with Gasteiger partial charge in [0.25, 0.3) is 5.91 Å². The number of furan rings is 1. The molecule has 1 unspecified atom stereocenters. The number of fused-ring (bicyclic) bond motifs is 1. The van der Waals surface area contributed by atoms with E-state index in [1.165, 1.54) is 7.11 Å². The van der Waals surface area contributed by atoms with E-state index < -0.39 is 23.5 Å². The van der Waals surface area contributed by atoms with Crippen molar-refractivity contribution in [1.82, 2.24) is 4.90 Å². The smallest absolute Gasteiger partial charge is 0.290 e. The highest BCUT2D eigenvalue weighted by molar-refractivity contribution is 6.31. The minimum absolute atomic E-state index is 0.00295. The van der Waals surface area contributed by atoms with Crippen LogP contribution < -0.4 is 4.74 Å². The van der Waals surface area contributed by atoms with E-state index in [9.17, 15) is 14.7 Å². The lowest BCUT2D eigenvalue weighted by Gasteiger charge is -2.26. The van der Waals surface area contributed by atoms with E-state index in [0.717, 1.165) is 18.4 Å². The number of rotatable bonds is 7. The zero-order chi connectivity index (χ0) is 22.1. The van der Waals surface area contributed by atoms with E-state index >= 15 is 0 Å². The van der Waals surface area contributed by atoms with E-state index in [1.54, 1.807) is 23.1 Å². The average Bonchev–Trinajstić information content (AvgIpc) is 3.31. The lowest BCUT2D eigenvalue weighted by atomic mass is 9.95. The van der Waals surface area contributed by atoms with Crippen molar-refractivity contribution in [3.05, 3.63) is 76.2 Å². The Labute approximate surface area is 184 Å². The van der Waals surface area contributed by atoms with Crippen molar-refractivity contribution >= 4 is 34.3 Å². The van der Waals surface area contributed by atoms with Crippen LogP contribution in [0.4, 0.5) is 0 Å². The molecule has 0 saturated carbocycles. The summed E-state index contributed by atoms with van der Waals surface area (Å²) in [6.07, 6.45) is 1.63. The van der Waals surface area contributed by atoms with Crippen molar-refractivity contribution in [2.45, 2.75) is 25.8 Å². The van der Waals surface area contributed by atoms with Crippen LogP contribution in [0, 0.1) is 0 Å². The van der Waals surface area contributed by atoms with Gasteiger partial charge in [-0.15, -0.1) is 0 Å². The van der Waals surface area contributed by atoms with Crippen molar-refractivity contribution in [1.29, 1.82) is 0 Å². The number of ketones is 1. The molecule has 0 spiro atoms. The predicted octanol–water partition coefficient (Wildman–Crippen LogP) is 5.47. The van der Waals surface area contributed by atoms with E-state index in [-0.39, 0.29) is 11.3 Å². The number of hydrogen-bond acceptors (Lipinski definition) is 5. The molecule has 0 fully saturated rings. The molecule has 4 rings (SSSR count). The fourth-order valence-corrected chi connectivity index (χ4v) is 4.13. The highest BCUT2D eigenvalue weighted by atomic mass is 35.5. The third-order valence-corrected chi connectivity index (χ3v) is 5.63. The summed E-state index contributed by atoms with van der Waals surface area (Å²) < 4.78 is 11.1. The average molecular weight is 440 g/mol. The van der Waals surface area contributed by atoms with E-state index in [2.05, 4.69) is 0 Å². The number of carbonyl (C=O) groups excluding carboxylic acids is 2. The Morgan fingerprint density at radius 2 is 1.97 bits per heavy atom. The molecular weight excluding hydrogens is 418 g/mol. The molecule has 6 nitrogen and oxygen atoms in total. The topological polar surface area (TPSA) is 80.0 Å². The second-order valence-electron chi connectivity index (χ2n) is 7.39. The van der Waals surface area contributed by atoms with Crippen LogP contribution in [-0.2, 0) is 4.79 Å². The third kappa shape index (κ3) is 3.68. The van der Waals surface area contributed by atoms with Gasteiger partial charge in [0.05, 0.1) is 18.7 Å². The van der Waals surface area contributed by atoms with Crippen LogP contribution in [-0.4, -0.2) is 35.4 Å². The van der Waals surface area contributed by atoms with Crippen LogP contribution in [0.15, 0.2) is 64.3 Å². The molecular formula is C24H22ClNO5. The predicted molar refractivity (Wildman–Crippen MR) is 118 cm³/mol. The second-order valence-corrected chi connectivity index (χ2v) is 7.83. The van der Waals surface area contributed by atoms with Gasteiger partial charge in [0.15, 0.2) is 22.9 Å². The summed E-state index contributed by atoms with van der Waals surface area (Å²) >= 11 is 6.12. The number of carbonyl (C=O) groups is 2. The number of methoxy groups -OCH3 is 1. The van der Waals surface area contributed by atoms with Gasteiger partial charge in [-0.2, -0.15) is 0 Å². The number of hydrogen-bond donors (Lipinski definition) is 1. The monoisotopic (exact) mass is 439 g/mol. The Morgan fingerprint density at radius 3 is 2.65 bits per heavy atom. The van der Waals surface area contributed by atoms with Gasteiger partial charge >= 0.3 is 0 Å². The molecule has 0 saturated heterocycles. The SMILES string of the molecule is CCCCN1C(=O)C(O)=C(C(=O)c2cc3cc(Cl)cc(OC)c3o2)C1c1ccccc1. The fourth-order valence-electron chi connectivity index (χ4n) is 3.91. The highest BCUT2D eigenvalue weighted by Crippen LogP contribution is 2.40. The molecule has 2 heterocycles. The molecule has 0 aliphatic carbocycles. The van der Waals surface area contributed by atoms with Gasteiger partial charge in [-0.1, -0.05) is 55.3 Å². The number of halogens is 1. The summed E-state index contributed by atoms with van der Waals surface area (Å²) in [6.45, 7) is 2.45. The maximum atomic E-state index is 13.5. The minimum Gasteiger partial charge on any atom is -0.503 e. The molecule has 1 N–H and O–H groups in total. The first-order valence-electron chi connectivity index (χ1n) is 10.1. The number of Topliss-reactive ketones (excluding diaryl/α,β-unsaturated/α-hetero) is 1. The van der Waals surface area contributed by atoms with Crippen LogP contribution in [0.1, 0.15) is 41.9 Å². The second kappa shape index (κ2) is 8.47. The minimum atomic E-state index is -0.688. The maximum absolute atomic E-state index is 13.5. The van der Waals surface area contributed by atoms with Crippen LogP contribution in [0.5, 0.6) is 5.75 Å². The summed E-state index contributed by atoms with van der Waals surface area (Å²) in [5.74, 6) is -1.24. The number of unbranched alkanes of at least 4 members (excludes halogenated alkanes) is 1. The number of amides is 1. The Kier molecular flexibility index (Phi) is 5.74. The molecule has 3 aromatic rings. The van der Waals surface area contributed by atoms with E-state index in [0.29, 0.717) is 28.3 Å². The van der Waals surface area contributed by atoms with E-state index in [4.69, 9.17) is 20.8 Å². The first-order chi connectivity index (χ1) is 15.0. The number of aliphatic hydroxyl groups excluding tert-OH is 1. The molecule has 1 aromatic heterocycles. The summed E-state index contributed by atoms with van der Waals surface area (Å²) in [6, 6.07) is 13.3. The standard InChI is InChI=1S/C24H22ClNO5/c1-3-4-10-26-20(14-8-6-5-7-9-14)19(22(28)24(26)29)21(27)17-12-15-11-16(25)13-18(30-2)23(15)31-17/h5-9,11-13,20,28H,3-4,10H2,1-2H3. The molecule has 160 valence electrons. The van der Waals surface area contributed by atoms with Gasteiger partial charge in [0.1, 0.15) is 0 Å². The van der Waals surface area contributed by atoms with Gasteiger partial charge in [-0.3, -0.25) is 9.59 Å². The van der Waals surface area contributed by atoms with Gasteiger partial charge in [-0.25, -0.2) is 0 Å². The molecule has 1 aliphatic heterocycles. The molecule has 0 radical (unpaired) electrons. The van der Waals surface area contributed by atoms with E-state index in [1.807, 2.05) is 37.3 Å². The quantitative estimate of drug-likeness (QED) is 0.493. The zero-order valence-corrected chi connectivity index (χ0v) is 18.0. The molecule has 7 heteroatoms. The summed E-state index contributed by atoms with van der Waals surface area (Å²) in [4.78, 5) is 27.9. The van der Waals surface area contributed by atoms with Crippen LogP contribution in [0.2, 0.25) is 5.02 Å². The molecule has 1 atom stereocenters.